The van der Waals surface area contributed by atoms with Gasteiger partial charge in [-0.15, -0.1) is 0 Å². The molecule has 0 aliphatic carbocycles. The maximum atomic E-state index is 12.5. The van der Waals surface area contributed by atoms with Gasteiger partial charge in [0.1, 0.15) is 6.10 Å². The van der Waals surface area contributed by atoms with Gasteiger partial charge in [-0.1, -0.05) is 19.1 Å². The Hall–Kier alpha value is -1.39. The average molecular weight is 289 g/mol. The monoisotopic (exact) mass is 289 g/mol. The molecule has 1 N–H and O–H groups in total. The van der Waals surface area contributed by atoms with Crippen LogP contribution in [0, 0.1) is 0 Å². The van der Waals surface area contributed by atoms with E-state index in [9.17, 15) is 9.90 Å². The number of hydrogen-bond acceptors (Lipinski definition) is 3. The molecular weight excluding hydrogens is 266 g/mol. The van der Waals surface area contributed by atoms with Gasteiger partial charge >= 0.3 is 0 Å². The molecule has 2 heterocycles. The Labute approximate surface area is 125 Å². The minimum absolute atomic E-state index is 0.00421. The second kappa shape index (κ2) is 5.78. The first-order valence-electron chi connectivity index (χ1n) is 7.85. The topological polar surface area (TPSA) is 49.8 Å². The lowest BCUT2D eigenvalue weighted by Crippen LogP contribution is -2.56. The van der Waals surface area contributed by atoms with Crippen molar-refractivity contribution in [2.75, 3.05) is 19.7 Å². The second-order valence-electron chi connectivity index (χ2n) is 6.08. The van der Waals surface area contributed by atoms with Gasteiger partial charge in [-0.2, -0.15) is 0 Å². The summed E-state index contributed by atoms with van der Waals surface area (Å²) in [6.07, 6.45) is 3.03. The number of aliphatic hydroxyl groups is 1. The van der Waals surface area contributed by atoms with Crippen molar-refractivity contribution < 1.29 is 14.6 Å². The van der Waals surface area contributed by atoms with Crippen LogP contribution in [-0.4, -0.2) is 47.3 Å². The molecule has 4 nitrogen and oxygen atoms in total. The highest BCUT2D eigenvalue weighted by Crippen LogP contribution is 2.36. The van der Waals surface area contributed by atoms with Crippen LogP contribution in [0.1, 0.15) is 42.1 Å². The van der Waals surface area contributed by atoms with Crippen molar-refractivity contribution in [1.29, 1.82) is 0 Å². The van der Waals surface area contributed by atoms with Crippen molar-refractivity contribution in [2.24, 2.45) is 0 Å². The van der Waals surface area contributed by atoms with Gasteiger partial charge in [-0.3, -0.25) is 4.79 Å². The molecule has 1 spiro atoms. The number of aryl methyl sites for hydroxylation is 1. The van der Waals surface area contributed by atoms with Crippen LogP contribution in [0.15, 0.2) is 24.3 Å². The lowest BCUT2D eigenvalue weighted by Gasteiger charge is -2.42. The molecule has 3 rings (SSSR count). The van der Waals surface area contributed by atoms with E-state index in [1.165, 1.54) is 5.56 Å². The van der Waals surface area contributed by atoms with E-state index in [-0.39, 0.29) is 5.91 Å². The number of carbonyl (C=O) groups is 1. The molecule has 2 saturated heterocycles. The summed E-state index contributed by atoms with van der Waals surface area (Å²) in [5.41, 5.74) is 1.52. The van der Waals surface area contributed by atoms with E-state index >= 15 is 0 Å². The molecule has 2 fully saturated rings. The summed E-state index contributed by atoms with van der Waals surface area (Å²) < 4.78 is 5.77. The number of likely N-dealkylation sites (tertiary alicyclic amines) is 1. The lowest BCUT2D eigenvalue weighted by atomic mass is 9.86. The van der Waals surface area contributed by atoms with Crippen molar-refractivity contribution in [3.05, 3.63) is 35.4 Å². The highest BCUT2D eigenvalue weighted by atomic mass is 16.5. The third kappa shape index (κ3) is 2.70. The van der Waals surface area contributed by atoms with Crippen molar-refractivity contribution in [3.8, 4) is 0 Å². The maximum absolute atomic E-state index is 12.5. The Balaban J connectivity index is 1.68. The summed E-state index contributed by atoms with van der Waals surface area (Å²) >= 11 is 0. The van der Waals surface area contributed by atoms with Crippen LogP contribution in [0.25, 0.3) is 0 Å². The van der Waals surface area contributed by atoms with Gasteiger partial charge in [-0.25, -0.2) is 0 Å². The molecule has 0 bridgehead atoms. The number of benzene rings is 1. The minimum atomic E-state index is -0.576. The van der Waals surface area contributed by atoms with Crippen LogP contribution in [0.3, 0.4) is 0 Å². The Morgan fingerprint density at radius 1 is 1.38 bits per heavy atom. The van der Waals surface area contributed by atoms with Gasteiger partial charge in [0.2, 0.25) is 0 Å². The molecule has 0 saturated carbocycles. The van der Waals surface area contributed by atoms with Crippen LogP contribution in [0.5, 0.6) is 0 Å². The number of nitrogens with zero attached hydrogens (tertiary/aromatic N) is 1. The van der Waals surface area contributed by atoms with Crippen molar-refractivity contribution in [1.82, 2.24) is 4.90 Å². The predicted molar refractivity (Wildman–Crippen MR) is 80.3 cm³/mol. The number of β-amino-alcohol motifs (C(OH)–C–C–N with tert-alkyl or cyclic N) is 1. The Bertz CT molecular complexity index is 505. The second-order valence-corrected chi connectivity index (χ2v) is 6.08. The average Bonchev–Trinajstić information content (AvgIpc) is 2.99. The van der Waals surface area contributed by atoms with Gasteiger partial charge in [0, 0.05) is 25.3 Å². The molecule has 4 heteroatoms. The number of rotatable bonds is 2. The molecule has 2 aliphatic heterocycles. The van der Waals surface area contributed by atoms with Crippen molar-refractivity contribution in [3.63, 3.8) is 0 Å². The smallest absolute Gasteiger partial charge is 0.253 e. The fraction of sp³-hybridized carbons (Fsp3) is 0.588. The molecule has 0 aromatic heterocycles. The van der Waals surface area contributed by atoms with E-state index < -0.39 is 11.7 Å². The van der Waals surface area contributed by atoms with E-state index in [2.05, 4.69) is 6.92 Å². The number of piperidine rings is 1. The first-order chi connectivity index (χ1) is 10.1. The van der Waals surface area contributed by atoms with E-state index in [0.29, 0.717) is 18.7 Å². The molecule has 1 amide bonds. The number of amides is 1. The van der Waals surface area contributed by atoms with Crippen LogP contribution in [-0.2, 0) is 11.2 Å². The first kappa shape index (κ1) is 14.5. The van der Waals surface area contributed by atoms with Gasteiger partial charge in [0.25, 0.3) is 5.91 Å². The first-order valence-corrected chi connectivity index (χ1v) is 7.85. The van der Waals surface area contributed by atoms with Crippen LogP contribution in [0.2, 0.25) is 0 Å². The Morgan fingerprint density at radius 3 is 2.71 bits per heavy atom. The summed E-state index contributed by atoms with van der Waals surface area (Å²) in [5, 5.41) is 10.4. The van der Waals surface area contributed by atoms with Crippen LogP contribution >= 0.6 is 0 Å². The third-order valence-electron chi connectivity index (χ3n) is 4.84. The molecule has 114 valence electrons. The molecule has 1 aromatic rings. The van der Waals surface area contributed by atoms with Crippen LogP contribution < -0.4 is 0 Å². The van der Waals surface area contributed by atoms with Gasteiger partial charge < -0.3 is 14.7 Å². The quantitative estimate of drug-likeness (QED) is 0.906. The zero-order chi connectivity index (χ0) is 14.9. The number of aliphatic hydroxyl groups excluding tert-OH is 1. The number of hydrogen-bond donors (Lipinski definition) is 1. The fourth-order valence-electron chi connectivity index (χ4n) is 3.39. The standard InChI is InChI=1S/C17H23NO3/c1-2-13-4-6-14(7-5-13)16(20)18-10-9-17(15(19)12-18)8-3-11-21-17/h4-7,15,19H,2-3,8-12H2,1H3/t15-,17-/m0/s1. The fourth-order valence-corrected chi connectivity index (χ4v) is 3.39. The number of carbonyl (C=O) groups excluding carboxylic acids is 1. The van der Waals surface area contributed by atoms with Crippen molar-refractivity contribution >= 4 is 5.91 Å². The summed E-state index contributed by atoms with van der Waals surface area (Å²) in [4.78, 5) is 14.3. The number of ether oxygens (including phenoxy) is 1. The highest BCUT2D eigenvalue weighted by molar-refractivity contribution is 5.94. The van der Waals surface area contributed by atoms with Gasteiger partial charge in [-0.05, 0) is 43.4 Å². The largest absolute Gasteiger partial charge is 0.388 e. The maximum Gasteiger partial charge on any atom is 0.253 e. The molecule has 2 aliphatic rings. The van der Waals surface area contributed by atoms with E-state index in [4.69, 9.17) is 4.74 Å². The van der Waals surface area contributed by atoms with E-state index in [0.717, 1.165) is 32.3 Å². The molecule has 1 aromatic carbocycles. The third-order valence-corrected chi connectivity index (χ3v) is 4.84. The molecule has 21 heavy (non-hydrogen) atoms. The predicted octanol–water partition coefficient (Wildman–Crippen LogP) is 2.00. The molecule has 0 unspecified atom stereocenters. The summed E-state index contributed by atoms with van der Waals surface area (Å²) in [5.74, 6) is 0.00421. The van der Waals surface area contributed by atoms with Crippen molar-refractivity contribution in [2.45, 2.75) is 44.3 Å². The zero-order valence-electron chi connectivity index (χ0n) is 12.5. The summed E-state index contributed by atoms with van der Waals surface area (Å²) in [6, 6.07) is 7.75. The SMILES string of the molecule is CCc1ccc(C(=O)N2CC[C@@]3(CCCO3)[C@@H](O)C2)cc1. The highest BCUT2D eigenvalue weighted by Gasteiger charge is 2.46. The summed E-state index contributed by atoms with van der Waals surface area (Å²) in [6.45, 7) is 3.85. The van der Waals surface area contributed by atoms with Gasteiger partial charge in [0.15, 0.2) is 0 Å². The summed E-state index contributed by atoms with van der Waals surface area (Å²) in [7, 11) is 0. The minimum Gasteiger partial charge on any atom is -0.388 e. The molecule has 0 radical (unpaired) electrons. The molecule has 2 atom stereocenters. The lowest BCUT2D eigenvalue weighted by molar-refractivity contribution is -0.122. The Kier molecular flexibility index (Phi) is 4.00. The van der Waals surface area contributed by atoms with E-state index in [1.54, 1.807) is 4.90 Å². The Morgan fingerprint density at radius 2 is 2.14 bits per heavy atom. The zero-order valence-corrected chi connectivity index (χ0v) is 12.5. The molecular formula is C17H23NO3. The van der Waals surface area contributed by atoms with Crippen LogP contribution in [0.4, 0.5) is 0 Å². The normalized spacial score (nSPS) is 29.0. The van der Waals surface area contributed by atoms with E-state index in [1.807, 2.05) is 24.3 Å². The van der Waals surface area contributed by atoms with Gasteiger partial charge in [0.05, 0.1) is 5.60 Å².